The quantitative estimate of drug-likeness (QED) is 0.820. The Kier molecular flexibility index (Phi) is 6.13. The van der Waals surface area contributed by atoms with Gasteiger partial charge in [0.2, 0.25) is 0 Å². The molecule has 0 bridgehead atoms. The summed E-state index contributed by atoms with van der Waals surface area (Å²) in [7, 11) is 0. The number of halogens is 1. The smallest absolute Gasteiger partial charge is 0.0451 e. The van der Waals surface area contributed by atoms with Crippen molar-refractivity contribution >= 4 is 11.6 Å². The molecule has 0 radical (unpaired) electrons. The Bertz CT molecular complexity index is 363. The van der Waals surface area contributed by atoms with Crippen molar-refractivity contribution in [1.82, 2.24) is 4.90 Å². The molecule has 1 aromatic carbocycles. The number of hydrogen-bond acceptors (Lipinski definition) is 2. The Balaban J connectivity index is 2.72. The van der Waals surface area contributed by atoms with Crippen molar-refractivity contribution < 1.29 is 0 Å². The van der Waals surface area contributed by atoms with E-state index < -0.39 is 0 Å². The van der Waals surface area contributed by atoms with Crippen molar-refractivity contribution in [3.05, 3.63) is 34.9 Å². The summed E-state index contributed by atoms with van der Waals surface area (Å²) in [6.07, 6.45) is 1.14. The first-order chi connectivity index (χ1) is 8.48. The van der Waals surface area contributed by atoms with Gasteiger partial charge in [0.1, 0.15) is 0 Å². The molecule has 0 spiro atoms. The third-order valence-corrected chi connectivity index (χ3v) is 3.46. The zero-order valence-corrected chi connectivity index (χ0v) is 12.5. The van der Waals surface area contributed by atoms with Crippen LogP contribution in [0.25, 0.3) is 0 Å². The highest BCUT2D eigenvalue weighted by Gasteiger charge is 2.20. The minimum atomic E-state index is 0.149. The number of benzene rings is 1. The van der Waals surface area contributed by atoms with Crippen LogP contribution in [0.1, 0.15) is 32.8 Å². The van der Waals surface area contributed by atoms with E-state index in [0.29, 0.717) is 6.54 Å². The van der Waals surface area contributed by atoms with Gasteiger partial charge in [-0.15, -0.1) is 0 Å². The standard InChI is InChI=1S/C15H25ClN2/c1-4-9-18(12-15(2,3)11-17)10-13-7-5-6-8-14(13)16/h5-8H,4,9-12,17H2,1-3H3. The van der Waals surface area contributed by atoms with Gasteiger partial charge in [-0.1, -0.05) is 50.6 Å². The van der Waals surface area contributed by atoms with E-state index in [-0.39, 0.29) is 5.41 Å². The molecule has 0 atom stereocenters. The molecule has 0 saturated carbocycles. The SMILES string of the molecule is CCCN(Cc1ccccc1Cl)CC(C)(C)CN. The van der Waals surface area contributed by atoms with Gasteiger partial charge in [-0.25, -0.2) is 0 Å². The third-order valence-electron chi connectivity index (χ3n) is 3.10. The van der Waals surface area contributed by atoms with Crippen LogP contribution in [0, 0.1) is 5.41 Å². The Labute approximate surface area is 116 Å². The summed E-state index contributed by atoms with van der Waals surface area (Å²) in [5, 5.41) is 0.851. The van der Waals surface area contributed by atoms with E-state index in [2.05, 4.69) is 31.7 Å². The van der Waals surface area contributed by atoms with Crippen molar-refractivity contribution in [1.29, 1.82) is 0 Å². The highest BCUT2D eigenvalue weighted by molar-refractivity contribution is 6.31. The zero-order valence-electron chi connectivity index (χ0n) is 11.7. The molecule has 1 aromatic rings. The van der Waals surface area contributed by atoms with Gasteiger partial charge in [0.15, 0.2) is 0 Å². The molecule has 0 unspecified atom stereocenters. The Morgan fingerprint density at radius 3 is 2.50 bits per heavy atom. The molecule has 1 rings (SSSR count). The molecule has 0 amide bonds. The monoisotopic (exact) mass is 268 g/mol. The molecule has 0 heterocycles. The van der Waals surface area contributed by atoms with Crippen LogP contribution in [-0.2, 0) is 6.54 Å². The van der Waals surface area contributed by atoms with E-state index in [1.165, 1.54) is 5.56 Å². The van der Waals surface area contributed by atoms with E-state index >= 15 is 0 Å². The van der Waals surface area contributed by atoms with E-state index in [9.17, 15) is 0 Å². The molecule has 0 aliphatic carbocycles. The maximum absolute atomic E-state index is 6.22. The number of hydrogen-bond donors (Lipinski definition) is 1. The second-order valence-electron chi connectivity index (χ2n) is 5.67. The van der Waals surface area contributed by atoms with Crippen LogP contribution in [0.3, 0.4) is 0 Å². The molecule has 3 heteroatoms. The van der Waals surface area contributed by atoms with Gasteiger partial charge in [0.25, 0.3) is 0 Å². The topological polar surface area (TPSA) is 29.3 Å². The molecule has 0 aromatic heterocycles. The van der Waals surface area contributed by atoms with Gasteiger partial charge >= 0.3 is 0 Å². The average molecular weight is 269 g/mol. The largest absolute Gasteiger partial charge is 0.330 e. The summed E-state index contributed by atoms with van der Waals surface area (Å²) in [5.74, 6) is 0. The summed E-state index contributed by atoms with van der Waals surface area (Å²) < 4.78 is 0. The molecule has 2 N–H and O–H groups in total. The molecular formula is C15H25ClN2. The van der Waals surface area contributed by atoms with Gasteiger partial charge in [-0.2, -0.15) is 0 Å². The Morgan fingerprint density at radius 2 is 1.94 bits per heavy atom. The minimum Gasteiger partial charge on any atom is -0.330 e. The highest BCUT2D eigenvalue weighted by atomic mass is 35.5. The minimum absolute atomic E-state index is 0.149. The van der Waals surface area contributed by atoms with Crippen LogP contribution >= 0.6 is 11.6 Å². The fourth-order valence-corrected chi connectivity index (χ4v) is 2.26. The lowest BCUT2D eigenvalue weighted by Crippen LogP contribution is -2.38. The van der Waals surface area contributed by atoms with E-state index in [0.717, 1.165) is 31.1 Å². The van der Waals surface area contributed by atoms with Gasteiger partial charge in [0, 0.05) is 18.1 Å². The first-order valence-electron chi connectivity index (χ1n) is 6.64. The molecule has 0 aliphatic heterocycles. The Hall–Kier alpha value is -0.570. The van der Waals surface area contributed by atoms with Crippen molar-refractivity contribution in [2.75, 3.05) is 19.6 Å². The maximum atomic E-state index is 6.22. The molecule has 0 fully saturated rings. The number of nitrogens with zero attached hydrogens (tertiary/aromatic N) is 1. The van der Waals surface area contributed by atoms with Crippen LogP contribution in [0.5, 0.6) is 0 Å². The van der Waals surface area contributed by atoms with Crippen LogP contribution in [0.4, 0.5) is 0 Å². The van der Waals surface area contributed by atoms with Crippen molar-refractivity contribution in [2.24, 2.45) is 11.1 Å². The maximum Gasteiger partial charge on any atom is 0.0451 e. The summed E-state index contributed by atoms with van der Waals surface area (Å²) in [6, 6.07) is 8.06. The molecule has 0 saturated heterocycles. The second-order valence-corrected chi connectivity index (χ2v) is 6.08. The lowest BCUT2D eigenvalue weighted by molar-refractivity contribution is 0.176. The fraction of sp³-hybridized carbons (Fsp3) is 0.600. The highest BCUT2D eigenvalue weighted by Crippen LogP contribution is 2.21. The van der Waals surface area contributed by atoms with E-state index in [4.69, 9.17) is 17.3 Å². The predicted molar refractivity (Wildman–Crippen MR) is 79.9 cm³/mol. The van der Waals surface area contributed by atoms with Gasteiger partial charge in [0.05, 0.1) is 0 Å². The predicted octanol–water partition coefficient (Wildman–Crippen LogP) is 3.54. The van der Waals surface area contributed by atoms with E-state index in [1.54, 1.807) is 0 Å². The fourth-order valence-electron chi connectivity index (χ4n) is 2.07. The van der Waals surface area contributed by atoms with Crippen molar-refractivity contribution in [3.63, 3.8) is 0 Å². The van der Waals surface area contributed by atoms with E-state index in [1.807, 2.05) is 18.2 Å². The first kappa shape index (κ1) is 15.5. The third kappa shape index (κ3) is 4.97. The number of rotatable bonds is 7. The van der Waals surface area contributed by atoms with Crippen molar-refractivity contribution in [2.45, 2.75) is 33.7 Å². The average Bonchev–Trinajstić information content (AvgIpc) is 2.32. The van der Waals surface area contributed by atoms with Crippen LogP contribution in [0.2, 0.25) is 5.02 Å². The molecule has 102 valence electrons. The second kappa shape index (κ2) is 7.13. The molecule has 18 heavy (non-hydrogen) atoms. The normalized spacial score (nSPS) is 12.1. The van der Waals surface area contributed by atoms with Gasteiger partial charge in [-0.05, 0) is 36.6 Å². The molecule has 0 aliphatic rings. The van der Waals surface area contributed by atoms with Crippen molar-refractivity contribution in [3.8, 4) is 0 Å². The van der Waals surface area contributed by atoms with Crippen LogP contribution in [-0.4, -0.2) is 24.5 Å². The van der Waals surface area contributed by atoms with Crippen LogP contribution < -0.4 is 5.73 Å². The van der Waals surface area contributed by atoms with Crippen LogP contribution in [0.15, 0.2) is 24.3 Å². The van der Waals surface area contributed by atoms with Gasteiger partial charge < -0.3 is 5.73 Å². The lowest BCUT2D eigenvalue weighted by Gasteiger charge is -2.31. The van der Waals surface area contributed by atoms with Gasteiger partial charge in [-0.3, -0.25) is 4.90 Å². The summed E-state index contributed by atoms with van der Waals surface area (Å²) in [4.78, 5) is 2.44. The lowest BCUT2D eigenvalue weighted by atomic mass is 9.93. The molecular weight excluding hydrogens is 244 g/mol. The first-order valence-corrected chi connectivity index (χ1v) is 7.02. The zero-order chi connectivity index (χ0) is 13.6. The summed E-state index contributed by atoms with van der Waals surface area (Å²) in [6.45, 7) is 10.3. The number of nitrogens with two attached hydrogens (primary N) is 1. The Morgan fingerprint density at radius 1 is 1.28 bits per heavy atom. The molecule has 2 nitrogen and oxygen atoms in total. The summed E-state index contributed by atoms with van der Waals surface area (Å²) >= 11 is 6.22. The summed E-state index contributed by atoms with van der Waals surface area (Å²) in [5.41, 5.74) is 7.17.